The molecule has 0 fully saturated rings. The summed E-state index contributed by atoms with van der Waals surface area (Å²) in [6.07, 6.45) is 2.51. The van der Waals surface area contributed by atoms with Gasteiger partial charge in [-0.3, -0.25) is 0 Å². The first kappa shape index (κ1) is 21.0. The van der Waals surface area contributed by atoms with E-state index in [4.69, 9.17) is 0 Å². The van der Waals surface area contributed by atoms with Crippen molar-refractivity contribution >= 4 is 18.3 Å². The van der Waals surface area contributed by atoms with Gasteiger partial charge in [0, 0.05) is 0 Å². The van der Waals surface area contributed by atoms with Gasteiger partial charge >= 0.3 is 141 Å². The van der Waals surface area contributed by atoms with Gasteiger partial charge < -0.3 is 24.8 Å². The molecule has 0 aliphatic heterocycles. The molecule has 0 saturated heterocycles. The van der Waals surface area contributed by atoms with Gasteiger partial charge in [-0.15, -0.1) is 0 Å². The van der Waals surface area contributed by atoms with Crippen molar-refractivity contribution in [2.24, 2.45) is 0 Å². The molecule has 1 aliphatic carbocycles. The molecule has 1 aromatic carbocycles. The first-order valence-electron chi connectivity index (χ1n) is 7.71. The van der Waals surface area contributed by atoms with Gasteiger partial charge in [-0.05, 0) is 0 Å². The number of halogens is 2. The van der Waals surface area contributed by atoms with Crippen molar-refractivity contribution in [3.8, 4) is 0 Å². The summed E-state index contributed by atoms with van der Waals surface area (Å²) in [5.41, 5.74) is 7.43. The molecule has 0 radical (unpaired) electrons. The van der Waals surface area contributed by atoms with Crippen molar-refractivity contribution < 1.29 is 48.0 Å². The van der Waals surface area contributed by atoms with E-state index < -0.39 is 32.0 Å². The first-order chi connectivity index (χ1) is 9.99. The maximum absolute atomic E-state index is 3.69. The van der Waals surface area contributed by atoms with Gasteiger partial charge in [0.05, 0.1) is 0 Å². The number of fused-ring (bicyclic) bond motifs is 1. The number of rotatable bonds is 3. The maximum Gasteiger partial charge on any atom is -1.00 e. The average molecular weight is 444 g/mol. The monoisotopic (exact) mass is 441 g/mol. The van der Waals surface area contributed by atoms with Gasteiger partial charge in [0.1, 0.15) is 0 Å². The van der Waals surface area contributed by atoms with Crippen LogP contribution in [0, 0.1) is 20.8 Å². The number of H-pyrrole nitrogens is 1. The Hall–Kier alpha value is -0.0800. The zero-order valence-electron chi connectivity index (χ0n) is 14.3. The Morgan fingerprint density at radius 1 is 1.00 bits per heavy atom. The molecule has 5 heteroatoms. The van der Waals surface area contributed by atoms with Crippen LogP contribution in [0.2, 0.25) is 13.1 Å². The van der Waals surface area contributed by atoms with E-state index in [2.05, 4.69) is 69.2 Å². The van der Waals surface area contributed by atoms with E-state index in [1.54, 1.807) is 14.2 Å². The van der Waals surface area contributed by atoms with Crippen LogP contribution in [0.15, 0.2) is 29.5 Å². The van der Waals surface area contributed by atoms with Crippen LogP contribution >= 0.6 is 0 Å². The number of aromatic amines is 1. The summed E-state index contributed by atoms with van der Waals surface area (Å²) in [5, 5.41) is 1.78. The number of nitrogens with one attached hydrogen (secondary N) is 1. The summed E-state index contributed by atoms with van der Waals surface area (Å²) in [6.45, 7) is 11.7. The molecular weight excluding hydrogens is 420 g/mol. The van der Waals surface area contributed by atoms with Gasteiger partial charge in [-0.1, -0.05) is 0 Å². The largest absolute Gasteiger partial charge is 1.00 e. The average Bonchev–Trinajstić information content (AvgIpc) is 2.94. The van der Waals surface area contributed by atoms with Gasteiger partial charge in [-0.25, -0.2) is 0 Å². The quantitative estimate of drug-likeness (QED) is 0.520. The molecule has 0 bridgehead atoms. The second kappa shape index (κ2) is 8.34. The zero-order valence-corrected chi connectivity index (χ0v) is 19.4. The third-order valence-electron chi connectivity index (χ3n) is 4.73. The number of hydrogen-bond acceptors (Lipinski definition) is 0. The Bertz CT molecular complexity index is 722. The van der Waals surface area contributed by atoms with Gasteiger partial charge in [-0.2, -0.15) is 0 Å². The minimum atomic E-state index is -0.740. The van der Waals surface area contributed by atoms with Crippen LogP contribution in [0.25, 0.3) is 6.08 Å². The summed E-state index contributed by atoms with van der Waals surface area (Å²) >= 11 is -0.682. The van der Waals surface area contributed by atoms with Crippen LogP contribution in [0.4, 0.5) is 0 Å². The van der Waals surface area contributed by atoms with Crippen LogP contribution in [-0.2, 0) is 23.2 Å². The Morgan fingerprint density at radius 2 is 1.65 bits per heavy atom. The van der Waals surface area contributed by atoms with Gasteiger partial charge in [0.15, 0.2) is 0 Å². The topological polar surface area (TPSA) is 15.8 Å². The number of aromatic nitrogens is 1. The molecule has 0 amide bonds. The molecule has 1 unspecified atom stereocenters. The van der Waals surface area contributed by atoms with E-state index in [0.29, 0.717) is 0 Å². The second-order valence-electron chi connectivity index (χ2n) is 6.38. The van der Waals surface area contributed by atoms with E-state index in [9.17, 15) is 0 Å². The van der Waals surface area contributed by atoms with E-state index in [-0.39, 0.29) is 24.8 Å². The molecule has 1 atom stereocenters. The Labute approximate surface area is 165 Å². The van der Waals surface area contributed by atoms with Crippen molar-refractivity contribution in [3.05, 3.63) is 57.4 Å². The fraction of sp³-hybridized carbons (Fsp3) is 0.333. The minimum absolute atomic E-state index is 0. The Morgan fingerprint density at radius 3 is 2.22 bits per heavy atom. The summed E-state index contributed by atoms with van der Waals surface area (Å²) < 4.78 is 2.35. The van der Waals surface area contributed by atoms with E-state index in [1.165, 1.54) is 22.4 Å². The van der Waals surface area contributed by atoms with Crippen molar-refractivity contribution in [3.63, 3.8) is 0 Å². The molecule has 1 nitrogen and oxygen atoms in total. The molecule has 2 aromatic rings. The number of allylic oxidation sites excluding steroid dienone is 1. The second-order valence-corrected chi connectivity index (χ2v) is 12.7. The number of hydrogen-bond donors (Lipinski definition) is 1. The molecule has 23 heavy (non-hydrogen) atoms. The Kier molecular flexibility index (Phi) is 7.60. The fourth-order valence-electron chi connectivity index (χ4n) is 3.14. The van der Waals surface area contributed by atoms with Crippen molar-refractivity contribution in [1.29, 1.82) is 0 Å². The molecule has 1 aromatic heterocycles. The van der Waals surface area contributed by atoms with Crippen LogP contribution in [0.3, 0.4) is 0 Å². The summed E-state index contributed by atoms with van der Waals surface area (Å²) in [5.74, 6) is 0. The van der Waals surface area contributed by atoms with Crippen LogP contribution in [-0.4, -0.2) is 13.8 Å². The van der Waals surface area contributed by atoms with Crippen LogP contribution in [0.5, 0.6) is 0 Å². The molecule has 0 spiro atoms. The predicted octanol–water partition coefficient (Wildman–Crippen LogP) is -2.18. The smallest absolute Gasteiger partial charge is 1.00 e. The molecule has 1 aliphatic rings. The number of aryl methyl sites for hydroxylation is 1. The third kappa shape index (κ3) is 3.95. The zero-order chi connectivity index (χ0) is 15.1. The van der Waals surface area contributed by atoms with E-state index >= 15 is 0 Å². The summed E-state index contributed by atoms with van der Waals surface area (Å²) in [6, 6.07) is 9.04. The van der Waals surface area contributed by atoms with Crippen molar-refractivity contribution in [2.45, 2.75) is 37.5 Å². The molecular formula is C18H23Cl2NSiZr. The standard InChI is InChI=1S/C11H13Si.C7H10N.2ClH.Zr/c1-12(2)11-7-9-5-3-4-6-10(9)8-11;1-5-4-8-7(3)6(5)2;;;/h3-8,12H,1-2H3;8H,1-3H3;2*1H;/q;;;;+2/p-2. The molecule has 1 heterocycles. The Balaban J connectivity index is 0.00000132. The molecule has 3 rings (SSSR count). The molecule has 122 valence electrons. The first-order valence-corrected chi connectivity index (χ1v) is 13.2. The fourth-order valence-corrected chi connectivity index (χ4v) is 11.4. The molecule has 1 N–H and O–H groups in total. The normalized spacial score (nSPS) is 15.4. The molecule has 0 saturated carbocycles. The van der Waals surface area contributed by atoms with Crippen LogP contribution in [0.1, 0.15) is 31.6 Å². The van der Waals surface area contributed by atoms with E-state index in [1.807, 2.05) is 0 Å². The number of benzene rings is 1. The van der Waals surface area contributed by atoms with Crippen molar-refractivity contribution in [2.75, 3.05) is 0 Å². The third-order valence-corrected chi connectivity index (χ3v) is 11.6. The van der Waals surface area contributed by atoms with E-state index in [0.717, 1.165) is 3.63 Å². The van der Waals surface area contributed by atoms with Gasteiger partial charge in [0.25, 0.3) is 0 Å². The SMILES string of the molecule is Cc1[nH][c]([Zr+2][CH]2C([SiH](C)C)=Cc3ccccc32)c(C)c1C.[Cl-].[Cl-]. The summed E-state index contributed by atoms with van der Waals surface area (Å²) in [7, 11) is -0.740. The minimum Gasteiger partial charge on any atom is -1.00 e. The predicted molar refractivity (Wildman–Crippen MR) is 90.7 cm³/mol. The summed E-state index contributed by atoms with van der Waals surface area (Å²) in [4.78, 5) is 3.69. The van der Waals surface area contributed by atoms with Crippen molar-refractivity contribution in [1.82, 2.24) is 4.98 Å². The van der Waals surface area contributed by atoms with Gasteiger partial charge in [0.2, 0.25) is 0 Å². The van der Waals surface area contributed by atoms with Crippen LogP contribution < -0.4 is 28.2 Å². The maximum atomic E-state index is 3.69.